The van der Waals surface area contributed by atoms with Crippen LogP contribution in [-0.2, 0) is 14.3 Å². The van der Waals surface area contributed by atoms with Crippen LogP contribution in [0, 0.1) is 13.8 Å². The zero-order valence-electron chi connectivity index (χ0n) is 15.2. The Morgan fingerprint density at radius 3 is 2.44 bits per heavy atom. The largest absolute Gasteiger partial charge is 0.481 e. The molecule has 1 aromatic carbocycles. The van der Waals surface area contributed by atoms with Crippen LogP contribution in [0.2, 0.25) is 0 Å². The van der Waals surface area contributed by atoms with Gasteiger partial charge in [0, 0.05) is 5.69 Å². The summed E-state index contributed by atoms with van der Waals surface area (Å²) < 4.78 is 7.01. The van der Waals surface area contributed by atoms with Gasteiger partial charge >= 0.3 is 11.9 Å². The molecule has 6 heteroatoms. The summed E-state index contributed by atoms with van der Waals surface area (Å²) in [6, 6.07) is 9.03. The number of aryl methyl sites for hydroxylation is 2. The van der Waals surface area contributed by atoms with Crippen molar-refractivity contribution in [3.8, 4) is 5.69 Å². The molecule has 1 heterocycles. The number of rotatable bonds is 5. The number of benzene rings is 1. The number of nitrogens with zero attached hydrogens (tertiary/aromatic N) is 2. The molecule has 0 aliphatic rings. The number of esters is 1. The van der Waals surface area contributed by atoms with Gasteiger partial charge in [-0.2, -0.15) is 5.10 Å². The molecule has 0 aliphatic heterocycles. The standard InChI is InChI=1S/C19H24N2O4/c1-12-9-13(2)21(20-12)15-8-6-7-14(10-15)16(18(23)24)11-17(22)25-19(3,4)5/h6-10,16H,11H2,1-5H3,(H,23,24)/t16-/m0/s1. The van der Waals surface area contributed by atoms with Gasteiger partial charge in [0.05, 0.1) is 23.7 Å². The van der Waals surface area contributed by atoms with Crippen molar-refractivity contribution in [2.75, 3.05) is 0 Å². The number of hydrogen-bond donors (Lipinski definition) is 1. The molecule has 0 amide bonds. The van der Waals surface area contributed by atoms with Gasteiger partial charge in [0.1, 0.15) is 5.60 Å². The Morgan fingerprint density at radius 1 is 1.24 bits per heavy atom. The van der Waals surface area contributed by atoms with E-state index in [-0.39, 0.29) is 6.42 Å². The number of aliphatic carboxylic acids is 1. The van der Waals surface area contributed by atoms with Crippen LogP contribution in [0.5, 0.6) is 0 Å². The lowest BCUT2D eigenvalue weighted by Crippen LogP contribution is -2.26. The highest BCUT2D eigenvalue weighted by atomic mass is 16.6. The monoisotopic (exact) mass is 344 g/mol. The lowest BCUT2D eigenvalue weighted by atomic mass is 9.95. The van der Waals surface area contributed by atoms with E-state index in [0.717, 1.165) is 17.1 Å². The van der Waals surface area contributed by atoms with Crippen molar-refractivity contribution in [1.82, 2.24) is 9.78 Å². The number of aromatic nitrogens is 2. The number of carboxylic acid groups (broad SMARTS) is 1. The van der Waals surface area contributed by atoms with Crippen molar-refractivity contribution in [3.63, 3.8) is 0 Å². The molecule has 0 bridgehead atoms. The fourth-order valence-electron chi connectivity index (χ4n) is 2.66. The van der Waals surface area contributed by atoms with Crippen molar-refractivity contribution in [2.45, 2.75) is 52.6 Å². The summed E-state index contributed by atoms with van der Waals surface area (Å²) in [4.78, 5) is 23.7. The Bertz CT molecular complexity index is 787. The Hall–Kier alpha value is -2.63. The SMILES string of the molecule is Cc1cc(C)n(-c2cccc([C@H](CC(=O)OC(C)(C)C)C(=O)O)c2)n1. The Kier molecular flexibility index (Phi) is 5.30. The second-order valence-corrected chi connectivity index (χ2v) is 7.12. The molecule has 0 unspecified atom stereocenters. The second kappa shape index (κ2) is 7.09. The number of hydrogen-bond acceptors (Lipinski definition) is 4. The molecule has 1 N–H and O–H groups in total. The van der Waals surface area contributed by atoms with E-state index >= 15 is 0 Å². The molecular weight excluding hydrogens is 320 g/mol. The van der Waals surface area contributed by atoms with Gasteiger partial charge < -0.3 is 9.84 Å². The van der Waals surface area contributed by atoms with Crippen LogP contribution in [0.3, 0.4) is 0 Å². The summed E-state index contributed by atoms with van der Waals surface area (Å²) in [5.74, 6) is -2.56. The maximum Gasteiger partial charge on any atom is 0.311 e. The molecule has 0 saturated heterocycles. The highest BCUT2D eigenvalue weighted by Crippen LogP contribution is 2.25. The molecule has 0 aliphatic carbocycles. The van der Waals surface area contributed by atoms with E-state index in [0.29, 0.717) is 5.56 Å². The van der Waals surface area contributed by atoms with E-state index in [2.05, 4.69) is 5.10 Å². The molecule has 134 valence electrons. The Labute approximate surface area is 147 Å². The molecule has 2 rings (SSSR count). The van der Waals surface area contributed by atoms with Crippen LogP contribution >= 0.6 is 0 Å². The molecule has 1 aromatic heterocycles. The van der Waals surface area contributed by atoms with Crippen molar-refractivity contribution in [2.24, 2.45) is 0 Å². The molecule has 2 aromatic rings. The quantitative estimate of drug-likeness (QED) is 0.841. The lowest BCUT2D eigenvalue weighted by molar-refractivity contribution is -0.158. The lowest BCUT2D eigenvalue weighted by Gasteiger charge is -2.21. The predicted octanol–water partition coefficient (Wildman–Crippen LogP) is 3.39. The van der Waals surface area contributed by atoms with Gasteiger partial charge in [-0.25, -0.2) is 4.68 Å². The van der Waals surface area contributed by atoms with Gasteiger partial charge in [0.2, 0.25) is 0 Å². The molecule has 25 heavy (non-hydrogen) atoms. The third kappa shape index (κ3) is 4.92. The van der Waals surface area contributed by atoms with E-state index in [1.165, 1.54) is 0 Å². The fourth-order valence-corrected chi connectivity index (χ4v) is 2.66. The molecule has 1 atom stereocenters. The normalized spacial score (nSPS) is 12.7. The highest BCUT2D eigenvalue weighted by molar-refractivity contribution is 5.83. The van der Waals surface area contributed by atoms with Gasteiger partial charge in [0.15, 0.2) is 0 Å². The van der Waals surface area contributed by atoms with Crippen LogP contribution in [0.15, 0.2) is 30.3 Å². The second-order valence-electron chi connectivity index (χ2n) is 7.12. The number of carbonyl (C=O) groups is 2. The minimum absolute atomic E-state index is 0.215. The van der Waals surface area contributed by atoms with E-state index < -0.39 is 23.5 Å². The number of carboxylic acids is 1. The number of ether oxygens (including phenoxy) is 1. The van der Waals surface area contributed by atoms with Crippen molar-refractivity contribution in [3.05, 3.63) is 47.3 Å². The Morgan fingerprint density at radius 2 is 1.92 bits per heavy atom. The highest BCUT2D eigenvalue weighted by Gasteiger charge is 2.27. The fraction of sp³-hybridized carbons (Fsp3) is 0.421. The summed E-state index contributed by atoms with van der Waals surface area (Å²) in [5, 5.41) is 14.0. The van der Waals surface area contributed by atoms with Crippen LogP contribution in [0.25, 0.3) is 5.69 Å². The molecule has 6 nitrogen and oxygen atoms in total. The van der Waals surface area contributed by atoms with Crippen molar-refractivity contribution in [1.29, 1.82) is 0 Å². The summed E-state index contributed by atoms with van der Waals surface area (Å²) in [5.41, 5.74) is 2.49. The van der Waals surface area contributed by atoms with E-state index in [1.54, 1.807) is 43.7 Å². The van der Waals surface area contributed by atoms with Crippen molar-refractivity contribution < 1.29 is 19.4 Å². The maximum atomic E-state index is 12.1. The molecule has 0 radical (unpaired) electrons. The van der Waals surface area contributed by atoms with E-state index in [9.17, 15) is 14.7 Å². The first-order chi connectivity index (χ1) is 11.6. The third-order valence-corrected chi connectivity index (χ3v) is 3.62. The molecule has 0 spiro atoms. The first kappa shape index (κ1) is 18.7. The zero-order chi connectivity index (χ0) is 18.8. The predicted molar refractivity (Wildman–Crippen MR) is 93.9 cm³/mol. The first-order valence-electron chi connectivity index (χ1n) is 8.15. The van der Waals surface area contributed by atoms with Crippen LogP contribution in [0.4, 0.5) is 0 Å². The minimum atomic E-state index is -1.06. The summed E-state index contributed by atoms with van der Waals surface area (Å²) in [6.45, 7) is 9.09. The van der Waals surface area contributed by atoms with Gasteiger partial charge in [-0.15, -0.1) is 0 Å². The number of carbonyl (C=O) groups excluding carboxylic acids is 1. The van der Waals surface area contributed by atoms with Gasteiger partial charge in [-0.3, -0.25) is 9.59 Å². The van der Waals surface area contributed by atoms with E-state index in [1.807, 2.05) is 26.0 Å². The smallest absolute Gasteiger partial charge is 0.311 e. The van der Waals surface area contributed by atoms with Crippen LogP contribution in [0.1, 0.15) is 50.1 Å². The van der Waals surface area contributed by atoms with Crippen molar-refractivity contribution >= 4 is 11.9 Å². The Balaban J connectivity index is 2.30. The average Bonchev–Trinajstić information content (AvgIpc) is 2.81. The van der Waals surface area contributed by atoms with Crippen LogP contribution < -0.4 is 0 Å². The zero-order valence-corrected chi connectivity index (χ0v) is 15.2. The van der Waals surface area contributed by atoms with Gasteiger partial charge in [-0.1, -0.05) is 12.1 Å². The van der Waals surface area contributed by atoms with Crippen LogP contribution in [-0.4, -0.2) is 32.4 Å². The maximum absolute atomic E-state index is 12.1. The third-order valence-electron chi connectivity index (χ3n) is 3.62. The average molecular weight is 344 g/mol. The minimum Gasteiger partial charge on any atom is -0.481 e. The van der Waals surface area contributed by atoms with Gasteiger partial charge in [0.25, 0.3) is 0 Å². The van der Waals surface area contributed by atoms with E-state index in [4.69, 9.17) is 4.74 Å². The molecule has 0 fully saturated rings. The molecular formula is C19H24N2O4. The summed E-state index contributed by atoms with van der Waals surface area (Å²) >= 11 is 0. The topological polar surface area (TPSA) is 81.4 Å². The molecule has 0 saturated carbocycles. The summed E-state index contributed by atoms with van der Waals surface area (Å²) in [6.07, 6.45) is -0.215. The first-order valence-corrected chi connectivity index (χ1v) is 8.15. The van der Waals surface area contributed by atoms with Gasteiger partial charge in [-0.05, 0) is 58.4 Å². The summed E-state index contributed by atoms with van der Waals surface area (Å²) in [7, 11) is 0.